The molecule has 0 aromatic carbocycles. The first kappa shape index (κ1) is 14.4. The topological polar surface area (TPSA) is 24.9 Å². The average molecular weight is 229 g/mol. The monoisotopic (exact) mass is 228 g/mol. The van der Waals surface area contributed by atoms with Crippen molar-refractivity contribution in [2.24, 2.45) is 0 Å². The van der Waals surface area contributed by atoms with Gasteiger partial charge in [-0.05, 0) is 25.1 Å². The molecular formula is C12H21ClN2. The smallest absolute Gasteiger partial charge is 0.0541 e. The molecule has 0 saturated carbocycles. The summed E-state index contributed by atoms with van der Waals surface area (Å²) in [6, 6.07) is 6.03. The van der Waals surface area contributed by atoms with Crippen LogP contribution < -0.4 is 5.32 Å². The number of halogens is 1. The molecule has 0 bridgehead atoms. The fourth-order valence-corrected chi connectivity index (χ4v) is 1.40. The molecule has 1 heterocycles. The summed E-state index contributed by atoms with van der Waals surface area (Å²) >= 11 is 0. The second kappa shape index (κ2) is 9.94. The Morgan fingerprint density at radius 2 is 2.07 bits per heavy atom. The van der Waals surface area contributed by atoms with Crippen molar-refractivity contribution in [2.45, 2.75) is 39.2 Å². The maximum absolute atomic E-state index is 4.25. The van der Waals surface area contributed by atoms with Crippen molar-refractivity contribution in [1.29, 1.82) is 0 Å². The van der Waals surface area contributed by atoms with Crippen molar-refractivity contribution >= 4 is 12.4 Å². The van der Waals surface area contributed by atoms with Crippen LogP contribution in [0.15, 0.2) is 24.4 Å². The van der Waals surface area contributed by atoms with Crippen LogP contribution in [0.4, 0.5) is 0 Å². The zero-order valence-electron chi connectivity index (χ0n) is 9.41. The van der Waals surface area contributed by atoms with Crippen LogP contribution in [0.25, 0.3) is 0 Å². The van der Waals surface area contributed by atoms with Crippen LogP contribution >= 0.6 is 12.4 Å². The summed E-state index contributed by atoms with van der Waals surface area (Å²) in [4.78, 5) is 4.25. The number of hydrogen-bond donors (Lipinski definition) is 1. The average Bonchev–Trinajstić information content (AvgIpc) is 2.25. The lowest BCUT2D eigenvalue weighted by Gasteiger charge is -2.03. The van der Waals surface area contributed by atoms with Crippen LogP contribution in [0, 0.1) is 0 Å². The summed E-state index contributed by atoms with van der Waals surface area (Å²) < 4.78 is 0. The Morgan fingerprint density at radius 3 is 2.73 bits per heavy atom. The van der Waals surface area contributed by atoms with Gasteiger partial charge in [-0.2, -0.15) is 0 Å². The zero-order valence-corrected chi connectivity index (χ0v) is 10.2. The van der Waals surface area contributed by atoms with E-state index in [1.165, 1.54) is 25.7 Å². The lowest BCUT2D eigenvalue weighted by atomic mass is 10.2. The summed E-state index contributed by atoms with van der Waals surface area (Å²) in [5.74, 6) is 0. The van der Waals surface area contributed by atoms with Crippen LogP contribution in [0.1, 0.15) is 38.3 Å². The molecule has 0 aliphatic carbocycles. The van der Waals surface area contributed by atoms with E-state index in [0.717, 1.165) is 18.8 Å². The summed E-state index contributed by atoms with van der Waals surface area (Å²) in [5, 5.41) is 3.40. The molecule has 2 nitrogen and oxygen atoms in total. The van der Waals surface area contributed by atoms with Gasteiger partial charge < -0.3 is 5.32 Å². The second-order valence-electron chi connectivity index (χ2n) is 3.56. The van der Waals surface area contributed by atoms with Crippen molar-refractivity contribution < 1.29 is 0 Å². The molecule has 0 saturated heterocycles. The number of nitrogens with one attached hydrogen (secondary N) is 1. The summed E-state index contributed by atoms with van der Waals surface area (Å²) in [5.41, 5.74) is 1.13. The van der Waals surface area contributed by atoms with E-state index in [4.69, 9.17) is 0 Å². The summed E-state index contributed by atoms with van der Waals surface area (Å²) in [6.07, 6.45) is 7.12. The van der Waals surface area contributed by atoms with E-state index in [2.05, 4.69) is 23.3 Å². The van der Waals surface area contributed by atoms with Gasteiger partial charge >= 0.3 is 0 Å². The first-order valence-corrected chi connectivity index (χ1v) is 5.54. The maximum atomic E-state index is 4.25. The predicted octanol–water partition coefficient (Wildman–Crippen LogP) is 3.17. The van der Waals surface area contributed by atoms with Gasteiger partial charge in [-0.15, -0.1) is 12.4 Å². The molecule has 86 valence electrons. The molecule has 15 heavy (non-hydrogen) atoms. The standard InChI is InChI=1S/C12H20N2.ClH/c1-2-3-4-6-9-13-11-12-8-5-7-10-14-12;/h5,7-8,10,13H,2-4,6,9,11H2,1H3;1H. The third kappa shape index (κ3) is 7.34. The lowest BCUT2D eigenvalue weighted by molar-refractivity contribution is 0.593. The molecule has 0 fully saturated rings. The Bertz CT molecular complexity index is 226. The SMILES string of the molecule is CCCCCCNCc1ccccn1.Cl. The van der Waals surface area contributed by atoms with Crippen LogP contribution in [0.5, 0.6) is 0 Å². The third-order valence-electron chi connectivity index (χ3n) is 2.24. The van der Waals surface area contributed by atoms with Crippen LogP contribution in [-0.4, -0.2) is 11.5 Å². The molecule has 0 unspecified atom stereocenters. The van der Waals surface area contributed by atoms with Crippen molar-refractivity contribution in [3.8, 4) is 0 Å². The van der Waals surface area contributed by atoms with E-state index in [1.54, 1.807) is 0 Å². The lowest BCUT2D eigenvalue weighted by Crippen LogP contribution is -2.15. The number of unbranched alkanes of at least 4 members (excludes halogenated alkanes) is 3. The highest BCUT2D eigenvalue weighted by atomic mass is 35.5. The van der Waals surface area contributed by atoms with E-state index < -0.39 is 0 Å². The Balaban J connectivity index is 0.00000196. The van der Waals surface area contributed by atoms with E-state index in [9.17, 15) is 0 Å². The zero-order chi connectivity index (χ0) is 10.1. The highest BCUT2D eigenvalue weighted by molar-refractivity contribution is 5.85. The van der Waals surface area contributed by atoms with Crippen LogP contribution in [-0.2, 0) is 6.54 Å². The molecular weight excluding hydrogens is 208 g/mol. The third-order valence-corrected chi connectivity index (χ3v) is 2.24. The van der Waals surface area contributed by atoms with Gasteiger partial charge in [0.2, 0.25) is 0 Å². The van der Waals surface area contributed by atoms with E-state index in [1.807, 2.05) is 18.3 Å². The Morgan fingerprint density at radius 1 is 1.20 bits per heavy atom. The van der Waals surface area contributed by atoms with Crippen molar-refractivity contribution in [3.63, 3.8) is 0 Å². The Hall–Kier alpha value is -0.600. The molecule has 3 heteroatoms. The molecule has 1 N–H and O–H groups in total. The second-order valence-corrected chi connectivity index (χ2v) is 3.56. The van der Waals surface area contributed by atoms with Gasteiger partial charge in [0.25, 0.3) is 0 Å². The van der Waals surface area contributed by atoms with Gasteiger partial charge in [-0.3, -0.25) is 4.98 Å². The summed E-state index contributed by atoms with van der Waals surface area (Å²) in [7, 11) is 0. The fraction of sp³-hybridized carbons (Fsp3) is 0.583. The molecule has 0 aliphatic rings. The molecule has 1 aromatic rings. The number of rotatable bonds is 7. The number of nitrogens with zero attached hydrogens (tertiary/aromatic N) is 1. The predicted molar refractivity (Wildman–Crippen MR) is 67.3 cm³/mol. The first-order valence-electron chi connectivity index (χ1n) is 5.54. The molecule has 0 atom stereocenters. The normalized spacial score (nSPS) is 9.67. The molecule has 1 rings (SSSR count). The molecule has 0 radical (unpaired) electrons. The highest BCUT2D eigenvalue weighted by Crippen LogP contribution is 1.97. The number of pyridine rings is 1. The molecule has 0 spiro atoms. The van der Waals surface area contributed by atoms with Gasteiger partial charge in [0, 0.05) is 12.7 Å². The van der Waals surface area contributed by atoms with Gasteiger partial charge in [0.15, 0.2) is 0 Å². The fourth-order valence-electron chi connectivity index (χ4n) is 1.40. The van der Waals surface area contributed by atoms with Crippen LogP contribution in [0.2, 0.25) is 0 Å². The molecule has 0 amide bonds. The maximum Gasteiger partial charge on any atom is 0.0541 e. The van der Waals surface area contributed by atoms with Gasteiger partial charge in [-0.1, -0.05) is 32.3 Å². The number of aromatic nitrogens is 1. The van der Waals surface area contributed by atoms with Gasteiger partial charge in [-0.25, -0.2) is 0 Å². The van der Waals surface area contributed by atoms with E-state index in [0.29, 0.717) is 0 Å². The van der Waals surface area contributed by atoms with Gasteiger partial charge in [0.05, 0.1) is 5.69 Å². The quantitative estimate of drug-likeness (QED) is 0.726. The minimum Gasteiger partial charge on any atom is -0.311 e. The van der Waals surface area contributed by atoms with Crippen LogP contribution in [0.3, 0.4) is 0 Å². The highest BCUT2D eigenvalue weighted by Gasteiger charge is 1.91. The molecule has 0 aliphatic heterocycles. The van der Waals surface area contributed by atoms with Crippen molar-refractivity contribution in [3.05, 3.63) is 30.1 Å². The molecule has 1 aromatic heterocycles. The summed E-state index contributed by atoms with van der Waals surface area (Å²) in [6.45, 7) is 4.24. The largest absolute Gasteiger partial charge is 0.311 e. The van der Waals surface area contributed by atoms with Gasteiger partial charge in [0.1, 0.15) is 0 Å². The number of hydrogen-bond acceptors (Lipinski definition) is 2. The first-order chi connectivity index (χ1) is 6.93. The Kier molecular flexibility index (Phi) is 9.54. The minimum atomic E-state index is 0. The van der Waals surface area contributed by atoms with Crippen molar-refractivity contribution in [1.82, 2.24) is 10.3 Å². The minimum absolute atomic E-state index is 0. The Labute approximate surface area is 98.9 Å². The van der Waals surface area contributed by atoms with Crippen molar-refractivity contribution in [2.75, 3.05) is 6.54 Å². The van der Waals surface area contributed by atoms with E-state index >= 15 is 0 Å². The van der Waals surface area contributed by atoms with E-state index in [-0.39, 0.29) is 12.4 Å².